The van der Waals surface area contributed by atoms with Gasteiger partial charge < -0.3 is 10.1 Å². The highest BCUT2D eigenvalue weighted by molar-refractivity contribution is 7.89. The molecule has 1 aliphatic heterocycles. The van der Waals surface area contributed by atoms with E-state index in [0.29, 0.717) is 36.2 Å². The lowest BCUT2D eigenvalue weighted by Gasteiger charge is -2.29. The first-order valence-corrected chi connectivity index (χ1v) is 11.3. The molecule has 0 saturated carbocycles. The molecule has 0 aliphatic carbocycles. The van der Waals surface area contributed by atoms with Gasteiger partial charge in [0.2, 0.25) is 10.0 Å². The molecule has 1 unspecified atom stereocenters. The van der Waals surface area contributed by atoms with Crippen LogP contribution in [0.3, 0.4) is 0 Å². The van der Waals surface area contributed by atoms with Gasteiger partial charge >= 0.3 is 0 Å². The monoisotopic (exact) mass is 408 g/mol. The first kappa shape index (κ1) is 19.9. The summed E-state index contributed by atoms with van der Waals surface area (Å²) >= 11 is 1.14. The highest BCUT2D eigenvalue weighted by Gasteiger charge is 2.30. The zero-order chi connectivity index (χ0) is 19.4. The highest BCUT2D eigenvalue weighted by Crippen LogP contribution is 2.27. The molecular weight excluding hydrogens is 384 g/mol. The molecule has 1 fully saturated rings. The number of amides is 1. The Bertz CT molecular complexity index is 891. The van der Waals surface area contributed by atoms with E-state index in [9.17, 15) is 13.2 Å². The summed E-state index contributed by atoms with van der Waals surface area (Å²) in [5, 5.41) is 4.33. The van der Waals surface area contributed by atoms with E-state index in [0.717, 1.165) is 29.9 Å². The number of carbonyl (C=O) groups is 1. The van der Waals surface area contributed by atoms with Crippen LogP contribution in [0.4, 0.5) is 5.69 Å². The number of carbonyl (C=O) groups excluding carboxylic acids is 1. The van der Waals surface area contributed by atoms with Crippen molar-refractivity contribution in [3.8, 4) is 5.75 Å². The third-order valence-electron chi connectivity index (χ3n) is 4.48. The predicted molar refractivity (Wildman–Crippen MR) is 107 cm³/mol. The molecule has 2 aromatic rings. The summed E-state index contributed by atoms with van der Waals surface area (Å²) in [6.07, 6.45) is 1.92. The Balaban J connectivity index is 1.70. The van der Waals surface area contributed by atoms with Gasteiger partial charge in [0.1, 0.15) is 5.75 Å². The van der Waals surface area contributed by atoms with Crippen LogP contribution < -0.4 is 10.1 Å². The number of piperidine rings is 1. The predicted octanol–water partition coefficient (Wildman–Crippen LogP) is 3.82. The zero-order valence-electron chi connectivity index (χ0n) is 15.5. The largest absolute Gasteiger partial charge is 0.494 e. The molecule has 0 spiro atoms. The van der Waals surface area contributed by atoms with Crippen molar-refractivity contribution < 1.29 is 17.9 Å². The molecule has 146 valence electrons. The van der Waals surface area contributed by atoms with Gasteiger partial charge in [-0.05, 0) is 56.0 Å². The number of hydrogen-bond acceptors (Lipinski definition) is 5. The van der Waals surface area contributed by atoms with Crippen LogP contribution in [0.1, 0.15) is 36.4 Å². The molecule has 1 aromatic carbocycles. The smallest absolute Gasteiger partial charge is 0.265 e. The van der Waals surface area contributed by atoms with Gasteiger partial charge in [-0.15, -0.1) is 11.3 Å². The Hall–Kier alpha value is -1.90. The molecule has 8 heteroatoms. The summed E-state index contributed by atoms with van der Waals surface area (Å²) in [6.45, 7) is 5.61. The van der Waals surface area contributed by atoms with E-state index in [1.807, 2.05) is 6.92 Å². The summed E-state index contributed by atoms with van der Waals surface area (Å²) in [5.74, 6) is 0.767. The summed E-state index contributed by atoms with van der Waals surface area (Å²) in [5.41, 5.74) is 0.631. The van der Waals surface area contributed by atoms with Gasteiger partial charge in [0.05, 0.1) is 16.4 Å². The Morgan fingerprint density at radius 3 is 2.74 bits per heavy atom. The molecule has 3 rings (SSSR count). The number of nitrogens with one attached hydrogen (secondary N) is 1. The van der Waals surface area contributed by atoms with Crippen LogP contribution in [-0.4, -0.2) is 38.3 Å². The molecule has 1 aliphatic rings. The number of anilines is 1. The van der Waals surface area contributed by atoms with E-state index < -0.39 is 10.0 Å². The van der Waals surface area contributed by atoms with Crippen LogP contribution >= 0.6 is 11.3 Å². The molecule has 27 heavy (non-hydrogen) atoms. The summed E-state index contributed by atoms with van der Waals surface area (Å²) in [4.78, 5) is 13.0. The maximum atomic E-state index is 12.8. The maximum Gasteiger partial charge on any atom is 0.265 e. The van der Waals surface area contributed by atoms with Crippen LogP contribution in [0.15, 0.2) is 40.6 Å². The number of ether oxygens (including phenoxy) is 1. The molecule has 1 amide bonds. The summed E-state index contributed by atoms with van der Waals surface area (Å²) < 4.78 is 32.5. The highest BCUT2D eigenvalue weighted by atomic mass is 32.2. The van der Waals surface area contributed by atoms with Crippen molar-refractivity contribution in [2.24, 2.45) is 5.92 Å². The number of nitrogens with zero attached hydrogens (tertiary/aromatic N) is 1. The first-order chi connectivity index (χ1) is 12.9. The second kappa shape index (κ2) is 8.41. The number of hydrogen-bond donors (Lipinski definition) is 1. The van der Waals surface area contributed by atoms with Crippen molar-refractivity contribution in [3.05, 3.63) is 40.6 Å². The first-order valence-electron chi connectivity index (χ1n) is 9.03. The second-order valence-corrected chi connectivity index (χ2v) is 9.52. The van der Waals surface area contributed by atoms with Gasteiger partial charge in [0, 0.05) is 24.2 Å². The lowest BCUT2D eigenvalue weighted by Crippen LogP contribution is -2.38. The Kier molecular flexibility index (Phi) is 6.18. The minimum atomic E-state index is -3.55. The Labute approximate surface area is 164 Å². The second-order valence-electron chi connectivity index (χ2n) is 6.67. The number of rotatable bonds is 6. The van der Waals surface area contributed by atoms with Crippen molar-refractivity contribution in [2.45, 2.75) is 31.6 Å². The van der Waals surface area contributed by atoms with E-state index in [1.54, 1.807) is 29.6 Å². The minimum Gasteiger partial charge on any atom is -0.494 e. The SMILES string of the molecule is CCOc1ccc(NC(=O)c2cc(S(=O)(=O)N3CCCC(C)C3)cs2)cc1. The maximum absolute atomic E-state index is 12.8. The van der Waals surface area contributed by atoms with Gasteiger partial charge in [-0.2, -0.15) is 4.31 Å². The lowest BCUT2D eigenvalue weighted by molar-refractivity contribution is 0.103. The van der Waals surface area contributed by atoms with Crippen LogP contribution in [0.5, 0.6) is 5.75 Å². The van der Waals surface area contributed by atoms with Gasteiger partial charge in [-0.25, -0.2) is 8.42 Å². The normalized spacial score (nSPS) is 18.2. The third-order valence-corrected chi connectivity index (χ3v) is 7.40. The molecular formula is C19H24N2O4S2. The van der Waals surface area contributed by atoms with Crippen molar-refractivity contribution in [3.63, 3.8) is 0 Å². The van der Waals surface area contributed by atoms with Crippen molar-refractivity contribution in [1.82, 2.24) is 4.31 Å². The van der Waals surface area contributed by atoms with Crippen LogP contribution in [0.25, 0.3) is 0 Å². The van der Waals surface area contributed by atoms with Crippen molar-refractivity contribution in [1.29, 1.82) is 0 Å². The Morgan fingerprint density at radius 2 is 2.07 bits per heavy atom. The fourth-order valence-corrected chi connectivity index (χ4v) is 5.84. The average Bonchev–Trinajstić information content (AvgIpc) is 3.15. The number of benzene rings is 1. The van der Waals surface area contributed by atoms with E-state index >= 15 is 0 Å². The summed E-state index contributed by atoms with van der Waals surface area (Å²) in [6, 6.07) is 8.53. The fourth-order valence-electron chi connectivity index (χ4n) is 3.08. The topological polar surface area (TPSA) is 75.7 Å². The lowest BCUT2D eigenvalue weighted by atomic mass is 10.0. The standard InChI is InChI=1S/C19H24N2O4S2/c1-3-25-16-8-6-15(7-9-16)20-19(22)18-11-17(13-26-18)27(23,24)21-10-4-5-14(2)12-21/h6-9,11,13-14H,3-5,10,12H2,1-2H3,(H,20,22). The molecule has 1 atom stereocenters. The molecule has 1 saturated heterocycles. The van der Waals surface area contributed by atoms with Crippen molar-refractivity contribution in [2.75, 3.05) is 25.0 Å². The molecule has 0 bridgehead atoms. The average molecular weight is 409 g/mol. The molecule has 6 nitrogen and oxygen atoms in total. The molecule has 2 heterocycles. The van der Waals surface area contributed by atoms with E-state index in [-0.39, 0.29) is 10.8 Å². The fraction of sp³-hybridized carbons (Fsp3) is 0.421. The van der Waals surface area contributed by atoms with Crippen molar-refractivity contribution >= 4 is 33.0 Å². The van der Waals surface area contributed by atoms with Gasteiger partial charge in [0.25, 0.3) is 5.91 Å². The number of sulfonamides is 1. The van der Waals surface area contributed by atoms with E-state index in [1.165, 1.54) is 10.4 Å². The summed E-state index contributed by atoms with van der Waals surface area (Å²) in [7, 11) is -3.55. The Morgan fingerprint density at radius 1 is 1.33 bits per heavy atom. The molecule has 1 N–H and O–H groups in total. The van der Waals surface area contributed by atoms with Gasteiger partial charge in [-0.3, -0.25) is 4.79 Å². The van der Waals surface area contributed by atoms with E-state index in [4.69, 9.17) is 4.74 Å². The van der Waals surface area contributed by atoms with Crippen LogP contribution in [0.2, 0.25) is 0 Å². The van der Waals surface area contributed by atoms with Crippen LogP contribution in [-0.2, 0) is 10.0 Å². The molecule has 1 aromatic heterocycles. The number of thiophene rings is 1. The quantitative estimate of drug-likeness (QED) is 0.788. The van der Waals surface area contributed by atoms with Gasteiger partial charge in [0.15, 0.2) is 0 Å². The third kappa shape index (κ3) is 4.69. The van der Waals surface area contributed by atoms with Crippen LogP contribution in [0, 0.1) is 5.92 Å². The van der Waals surface area contributed by atoms with E-state index in [2.05, 4.69) is 12.2 Å². The van der Waals surface area contributed by atoms with Gasteiger partial charge in [-0.1, -0.05) is 6.92 Å². The zero-order valence-corrected chi connectivity index (χ0v) is 17.1. The molecule has 0 radical (unpaired) electrons. The minimum absolute atomic E-state index is 0.193.